The summed E-state index contributed by atoms with van der Waals surface area (Å²) >= 11 is 0. The monoisotopic (exact) mass is 1090 g/mol. The second kappa shape index (κ2) is 66.1. The van der Waals surface area contributed by atoms with Gasteiger partial charge in [-0.1, -0.05) is 286 Å². The maximum Gasteiger partial charge on any atom is 0.306 e. The summed E-state index contributed by atoms with van der Waals surface area (Å²) in [7, 11) is 0. The van der Waals surface area contributed by atoms with Crippen LogP contribution in [0, 0.1) is 0 Å². The molecule has 6 heteroatoms. The van der Waals surface area contributed by atoms with Gasteiger partial charge in [0.05, 0.1) is 0 Å². The lowest BCUT2D eigenvalue weighted by Crippen LogP contribution is -2.30. The number of allylic oxidation sites excluding steroid dienone is 14. The average molecular weight is 1090 g/mol. The van der Waals surface area contributed by atoms with Crippen molar-refractivity contribution < 1.29 is 28.6 Å². The van der Waals surface area contributed by atoms with E-state index in [2.05, 4.69) is 106 Å². The Morgan fingerprint density at radius 3 is 0.821 bits per heavy atom. The molecule has 0 aromatic carbocycles. The molecule has 6 nitrogen and oxygen atoms in total. The van der Waals surface area contributed by atoms with Gasteiger partial charge in [0, 0.05) is 19.3 Å². The lowest BCUT2D eigenvalue weighted by atomic mass is 10.0. The van der Waals surface area contributed by atoms with Crippen LogP contribution in [-0.4, -0.2) is 37.2 Å². The van der Waals surface area contributed by atoms with Crippen molar-refractivity contribution in [2.45, 2.75) is 341 Å². The Kier molecular flexibility index (Phi) is 63.2. The highest BCUT2D eigenvalue weighted by molar-refractivity contribution is 5.71. The summed E-state index contributed by atoms with van der Waals surface area (Å²) in [5.74, 6) is -0.879. The van der Waals surface area contributed by atoms with E-state index in [1.54, 1.807) is 0 Å². The molecule has 0 heterocycles. The van der Waals surface area contributed by atoms with Crippen LogP contribution in [0.4, 0.5) is 0 Å². The van der Waals surface area contributed by atoms with E-state index in [0.717, 1.165) is 96.3 Å². The summed E-state index contributed by atoms with van der Waals surface area (Å²) in [6.45, 7) is 6.53. The second-order valence-corrected chi connectivity index (χ2v) is 22.3. The van der Waals surface area contributed by atoms with Crippen LogP contribution in [-0.2, 0) is 28.6 Å². The number of hydrogen-bond donors (Lipinski definition) is 0. The molecule has 0 amide bonds. The van der Waals surface area contributed by atoms with Crippen molar-refractivity contribution in [2.24, 2.45) is 0 Å². The van der Waals surface area contributed by atoms with E-state index in [-0.39, 0.29) is 31.1 Å². The molecule has 78 heavy (non-hydrogen) atoms. The van der Waals surface area contributed by atoms with Gasteiger partial charge < -0.3 is 14.2 Å². The normalized spacial score (nSPS) is 12.6. The minimum atomic E-state index is -0.783. The molecule has 1 unspecified atom stereocenters. The molecule has 0 aliphatic carbocycles. The maximum atomic E-state index is 12.9. The van der Waals surface area contributed by atoms with Crippen molar-refractivity contribution in [2.75, 3.05) is 13.2 Å². The molecule has 0 rings (SSSR count). The lowest BCUT2D eigenvalue weighted by molar-refractivity contribution is -0.167. The Labute approximate surface area is 484 Å². The zero-order valence-electron chi connectivity index (χ0n) is 51.7. The van der Waals surface area contributed by atoms with E-state index in [0.29, 0.717) is 19.3 Å². The van der Waals surface area contributed by atoms with E-state index >= 15 is 0 Å². The van der Waals surface area contributed by atoms with E-state index in [1.165, 1.54) is 199 Å². The van der Waals surface area contributed by atoms with Crippen LogP contribution in [0.15, 0.2) is 85.1 Å². The van der Waals surface area contributed by atoms with Crippen molar-refractivity contribution in [3.63, 3.8) is 0 Å². The topological polar surface area (TPSA) is 78.9 Å². The first kappa shape index (κ1) is 74.6. The maximum absolute atomic E-state index is 12.9. The fourth-order valence-electron chi connectivity index (χ4n) is 9.58. The van der Waals surface area contributed by atoms with Crippen LogP contribution in [0.2, 0.25) is 0 Å². The Morgan fingerprint density at radius 1 is 0.269 bits per heavy atom. The number of esters is 3. The highest BCUT2D eigenvalue weighted by Crippen LogP contribution is 2.17. The zero-order chi connectivity index (χ0) is 56.4. The quantitative estimate of drug-likeness (QED) is 0.0261. The van der Waals surface area contributed by atoms with E-state index in [4.69, 9.17) is 14.2 Å². The molecule has 0 N–H and O–H groups in total. The number of carbonyl (C=O) groups is 3. The van der Waals surface area contributed by atoms with E-state index < -0.39 is 6.10 Å². The highest BCUT2D eigenvalue weighted by Gasteiger charge is 2.19. The van der Waals surface area contributed by atoms with Gasteiger partial charge in [-0.05, 0) is 116 Å². The lowest BCUT2D eigenvalue weighted by Gasteiger charge is -2.18. The number of rotatable bonds is 61. The van der Waals surface area contributed by atoms with Crippen molar-refractivity contribution in [1.29, 1.82) is 0 Å². The Morgan fingerprint density at radius 2 is 0.500 bits per heavy atom. The molecule has 0 aromatic heterocycles. The minimum absolute atomic E-state index is 0.0795. The van der Waals surface area contributed by atoms with Gasteiger partial charge >= 0.3 is 17.9 Å². The van der Waals surface area contributed by atoms with Crippen LogP contribution >= 0.6 is 0 Å². The first-order valence-corrected chi connectivity index (χ1v) is 33.6. The molecule has 0 radical (unpaired) electrons. The van der Waals surface area contributed by atoms with Gasteiger partial charge in [-0.25, -0.2) is 0 Å². The zero-order valence-corrected chi connectivity index (χ0v) is 51.7. The van der Waals surface area contributed by atoms with Gasteiger partial charge in [0.15, 0.2) is 6.10 Å². The van der Waals surface area contributed by atoms with E-state index in [9.17, 15) is 14.4 Å². The average Bonchev–Trinajstić information content (AvgIpc) is 3.44. The van der Waals surface area contributed by atoms with Gasteiger partial charge in [-0.2, -0.15) is 0 Å². The summed E-state index contributed by atoms with van der Waals surface area (Å²) in [6.07, 6.45) is 87.4. The highest BCUT2D eigenvalue weighted by atomic mass is 16.6. The molecule has 1 atom stereocenters. The molecule has 450 valence electrons. The molecule has 0 aromatic rings. The molecule has 0 aliphatic heterocycles. The third-order valence-corrected chi connectivity index (χ3v) is 14.6. The molecule has 0 aliphatic rings. The standard InChI is InChI=1S/C72H126O6/c1-4-7-10-13-16-19-22-25-27-29-31-33-34-35-36-37-38-40-41-43-45-47-50-53-56-59-62-65-71(74)77-68-69(67-76-70(73)64-61-58-55-52-49-24-21-18-15-12-9-6-3)78-72(75)66-63-60-57-54-51-48-46-44-42-39-32-30-28-26-23-20-17-14-11-8-5-2/h7,10,16,18-19,21,25,27,30-33,35-36,69H,4-6,8-9,11-15,17,20,22-24,26,28-29,34,37-68H2,1-3H3/b10-7-,19-16-,21-18-,27-25-,32-30-,33-31-,36-35-. The third-order valence-electron chi connectivity index (χ3n) is 14.6. The van der Waals surface area contributed by atoms with Crippen LogP contribution in [0.3, 0.4) is 0 Å². The van der Waals surface area contributed by atoms with E-state index in [1.807, 2.05) is 0 Å². The molecular formula is C72H126O6. The Bertz CT molecular complexity index is 1480. The molecule has 0 spiro atoms. The largest absolute Gasteiger partial charge is 0.462 e. The van der Waals surface area contributed by atoms with Crippen LogP contribution in [0.5, 0.6) is 0 Å². The van der Waals surface area contributed by atoms with Crippen LogP contribution in [0.25, 0.3) is 0 Å². The van der Waals surface area contributed by atoms with Gasteiger partial charge in [-0.3, -0.25) is 14.4 Å². The summed E-state index contributed by atoms with van der Waals surface area (Å²) in [5, 5.41) is 0. The number of hydrogen-bond acceptors (Lipinski definition) is 6. The second-order valence-electron chi connectivity index (χ2n) is 22.3. The molecular weight excluding hydrogens is 961 g/mol. The fraction of sp³-hybridized carbons (Fsp3) is 0.764. The SMILES string of the molecule is CC/C=C\C/C=C\C/C=C\C/C=C\C/C=C\CCCCCCCCCCCCCC(=O)OCC(COC(=O)CCCCCCC/C=C\CCCCC)OC(=O)CCCCCCCCCCC/C=C\CCCCCCCCCC. The molecule has 0 saturated heterocycles. The van der Waals surface area contributed by atoms with Crippen molar-refractivity contribution in [1.82, 2.24) is 0 Å². The van der Waals surface area contributed by atoms with Gasteiger partial charge in [0.2, 0.25) is 0 Å². The third kappa shape index (κ3) is 63.4. The summed E-state index contributed by atoms with van der Waals surface area (Å²) in [6, 6.07) is 0. The smallest absolute Gasteiger partial charge is 0.306 e. The van der Waals surface area contributed by atoms with Crippen LogP contribution in [0.1, 0.15) is 335 Å². The number of carbonyl (C=O) groups excluding carboxylic acids is 3. The fourth-order valence-corrected chi connectivity index (χ4v) is 9.58. The number of unbranched alkanes of at least 4 members (excludes halogenated alkanes) is 36. The van der Waals surface area contributed by atoms with Crippen molar-refractivity contribution in [3.8, 4) is 0 Å². The van der Waals surface area contributed by atoms with Gasteiger partial charge in [-0.15, -0.1) is 0 Å². The first-order chi connectivity index (χ1) is 38.5. The molecule has 0 bridgehead atoms. The molecule has 0 saturated carbocycles. The first-order valence-electron chi connectivity index (χ1n) is 33.6. The van der Waals surface area contributed by atoms with Crippen molar-refractivity contribution in [3.05, 3.63) is 85.1 Å². The summed E-state index contributed by atoms with van der Waals surface area (Å²) in [5.41, 5.74) is 0. The number of ether oxygens (including phenoxy) is 3. The van der Waals surface area contributed by atoms with Gasteiger partial charge in [0.25, 0.3) is 0 Å². The van der Waals surface area contributed by atoms with Gasteiger partial charge in [0.1, 0.15) is 13.2 Å². The van der Waals surface area contributed by atoms with Crippen molar-refractivity contribution >= 4 is 17.9 Å². The van der Waals surface area contributed by atoms with Crippen LogP contribution < -0.4 is 0 Å². The Balaban J connectivity index is 4.27. The summed E-state index contributed by atoms with van der Waals surface area (Å²) in [4.78, 5) is 38.3. The minimum Gasteiger partial charge on any atom is -0.462 e. The predicted molar refractivity (Wildman–Crippen MR) is 339 cm³/mol. The Hall–Kier alpha value is -3.41. The predicted octanol–water partition coefficient (Wildman–Crippen LogP) is 23.1. The summed E-state index contributed by atoms with van der Waals surface area (Å²) < 4.78 is 16.9. The molecule has 0 fully saturated rings.